The predicted octanol–water partition coefficient (Wildman–Crippen LogP) is 3.02. The molecule has 2 N–H and O–H groups in total. The zero-order chi connectivity index (χ0) is 13.2. The van der Waals surface area contributed by atoms with Crippen LogP contribution >= 0.6 is 0 Å². The van der Waals surface area contributed by atoms with E-state index in [1.165, 1.54) is 12.8 Å². The van der Waals surface area contributed by atoms with Crippen LogP contribution in [-0.4, -0.2) is 17.2 Å². The van der Waals surface area contributed by atoms with Gasteiger partial charge in [-0.25, -0.2) is 0 Å². The van der Waals surface area contributed by atoms with Gasteiger partial charge in [0.25, 0.3) is 0 Å². The summed E-state index contributed by atoms with van der Waals surface area (Å²) in [5.74, 6) is 1.75. The summed E-state index contributed by atoms with van der Waals surface area (Å²) >= 11 is 0. The van der Waals surface area contributed by atoms with Gasteiger partial charge in [0.05, 0.1) is 12.3 Å². The largest absolute Gasteiger partial charge is 0.476 e. The summed E-state index contributed by atoms with van der Waals surface area (Å²) in [6, 6.07) is 3.58. The molecular weight excluding hydrogens is 228 g/mol. The molecule has 1 aromatic heterocycles. The van der Waals surface area contributed by atoms with Crippen LogP contribution in [0.3, 0.4) is 0 Å². The second kappa shape index (κ2) is 5.04. The molecule has 100 valence electrons. The van der Waals surface area contributed by atoms with Gasteiger partial charge in [0, 0.05) is 6.07 Å². The molecule has 1 heterocycles. The van der Waals surface area contributed by atoms with Crippen molar-refractivity contribution in [3.63, 3.8) is 0 Å². The van der Waals surface area contributed by atoms with Crippen LogP contribution in [0.4, 0.5) is 5.69 Å². The molecule has 0 atom stereocenters. The molecule has 0 amide bonds. The zero-order valence-corrected chi connectivity index (χ0v) is 11.4. The summed E-state index contributed by atoms with van der Waals surface area (Å²) in [6.07, 6.45) is 3.41. The number of hydrogen-bond donors (Lipinski definition) is 1. The molecule has 0 bridgehead atoms. The number of anilines is 1. The number of nitrogens with zero attached hydrogens (tertiary/aromatic N) is 1. The average molecular weight is 250 g/mol. The first-order valence-electron chi connectivity index (χ1n) is 6.58. The third-order valence-corrected chi connectivity index (χ3v) is 3.25. The maximum atomic E-state index is 5.85. The molecule has 4 nitrogen and oxygen atoms in total. The van der Waals surface area contributed by atoms with Gasteiger partial charge < -0.3 is 15.2 Å². The van der Waals surface area contributed by atoms with E-state index < -0.39 is 0 Å². The summed E-state index contributed by atoms with van der Waals surface area (Å²) in [7, 11) is 0. The predicted molar refractivity (Wildman–Crippen MR) is 71.9 cm³/mol. The van der Waals surface area contributed by atoms with E-state index in [1.807, 2.05) is 13.8 Å². The Bertz CT molecular complexity index is 414. The van der Waals surface area contributed by atoms with E-state index >= 15 is 0 Å². The monoisotopic (exact) mass is 250 g/mol. The number of pyridine rings is 1. The Morgan fingerprint density at radius 3 is 2.72 bits per heavy atom. The molecule has 1 aliphatic carbocycles. The lowest BCUT2D eigenvalue weighted by Gasteiger charge is -2.24. The SMILES string of the molecule is CCC(C)(C)Oc1ccc(N)c(OCC2CC2)n1. The van der Waals surface area contributed by atoms with Crippen molar-refractivity contribution in [2.24, 2.45) is 5.92 Å². The van der Waals surface area contributed by atoms with Crippen LogP contribution in [0.15, 0.2) is 12.1 Å². The smallest absolute Gasteiger partial charge is 0.240 e. The van der Waals surface area contributed by atoms with Gasteiger partial charge in [0.1, 0.15) is 5.60 Å². The molecule has 1 aliphatic rings. The van der Waals surface area contributed by atoms with E-state index in [-0.39, 0.29) is 5.60 Å². The van der Waals surface area contributed by atoms with E-state index in [2.05, 4.69) is 11.9 Å². The quantitative estimate of drug-likeness (QED) is 0.843. The van der Waals surface area contributed by atoms with Crippen LogP contribution < -0.4 is 15.2 Å². The van der Waals surface area contributed by atoms with Crippen LogP contribution in [0.2, 0.25) is 0 Å². The Balaban J connectivity index is 2.04. The summed E-state index contributed by atoms with van der Waals surface area (Å²) in [5, 5.41) is 0. The first-order chi connectivity index (χ1) is 8.50. The van der Waals surface area contributed by atoms with Gasteiger partial charge in [-0.05, 0) is 45.1 Å². The molecule has 2 rings (SSSR count). The van der Waals surface area contributed by atoms with Crippen molar-refractivity contribution in [2.45, 2.75) is 45.6 Å². The second-order valence-electron chi connectivity index (χ2n) is 5.51. The van der Waals surface area contributed by atoms with E-state index in [9.17, 15) is 0 Å². The number of aromatic nitrogens is 1. The second-order valence-corrected chi connectivity index (χ2v) is 5.51. The standard InChI is InChI=1S/C14H22N2O2/c1-4-14(2,3)18-12-8-7-11(15)13(16-12)17-9-10-5-6-10/h7-8,10H,4-6,9,15H2,1-3H3. The minimum atomic E-state index is -0.225. The van der Waals surface area contributed by atoms with Gasteiger partial charge in [-0.15, -0.1) is 0 Å². The normalized spacial score (nSPS) is 15.5. The lowest BCUT2D eigenvalue weighted by molar-refractivity contribution is 0.0977. The maximum absolute atomic E-state index is 5.85. The highest BCUT2D eigenvalue weighted by Crippen LogP contribution is 2.31. The first kappa shape index (κ1) is 13.0. The number of ether oxygens (including phenoxy) is 2. The van der Waals surface area contributed by atoms with Crippen LogP contribution in [-0.2, 0) is 0 Å². The minimum absolute atomic E-state index is 0.225. The van der Waals surface area contributed by atoms with Crippen LogP contribution in [0.1, 0.15) is 40.0 Å². The molecule has 0 aliphatic heterocycles. The van der Waals surface area contributed by atoms with E-state index in [0.29, 0.717) is 30.0 Å². The third-order valence-electron chi connectivity index (χ3n) is 3.25. The van der Waals surface area contributed by atoms with E-state index in [1.54, 1.807) is 12.1 Å². The fourth-order valence-corrected chi connectivity index (χ4v) is 1.44. The Kier molecular flexibility index (Phi) is 3.64. The maximum Gasteiger partial charge on any atom is 0.240 e. The number of hydrogen-bond acceptors (Lipinski definition) is 4. The Hall–Kier alpha value is -1.45. The molecule has 4 heteroatoms. The summed E-state index contributed by atoms with van der Waals surface area (Å²) in [5.41, 5.74) is 6.19. The van der Waals surface area contributed by atoms with Gasteiger partial charge >= 0.3 is 0 Å². The molecule has 0 spiro atoms. The van der Waals surface area contributed by atoms with Gasteiger partial charge in [-0.2, -0.15) is 4.98 Å². The number of nitrogens with two attached hydrogens (primary N) is 1. The molecule has 0 saturated heterocycles. The van der Waals surface area contributed by atoms with Crippen LogP contribution in [0.5, 0.6) is 11.8 Å². The fourth-order valence-electron chi connectivity index (χ4n) is 1.44. The number of nitrogen functional groups attached to an aromatic ring is 1. The number of rotatable bonds is 6. The molecule has 18 heavy (non-hydrogen) atoms. The highest BCUT2D eigenvalue weighted by molar-refractivity contribution is 5.49. The van der Waals surface area contributed by atoms with Crippen molar-refractivity contribution in [2.75, 3.05) is 12.3 Å². The average Bonchev–Trinajstić information content (AvgIpc) is 3.13. The Morgan fingerprint density at radius 2 is 2.11 bits per heavy atom. The highest BCUT2D eigenvalue weighted by Gasteiger charge is 2.23. The van der Waals surface area contributed by atoms with Gasteiger partial charge in [-0.1, -0.05) is 6.92 Å². The van der Waals surface area contributed by atoms with Crippen molar-refractivity contribution in [1.82, 2.24) is 4.98 Å². The van der Waals surface area contributed by atoms with Gasteiger partial charge in [0.15, 0.2) is 0 Å². The molecule has 0 radical (unpaired) electrons. The Labute approximate surface area is 108 Å². The van der Waals surface area contributed by atoms with E-state index in [4.69, 9.17) is 15.2 Å². The molecule has 1 fully saturated rings. The van der Waals surface area contributed by atoms with E-state index in [0.717, 1.165) is 6.42 Å². The highest BCUT2D eigenvalue weighted by atomic mass is 16.5. The minimum Gasteiger partial charge on any atom is -0.476 e. The van der Waals surface area contributed by atoms with Crippen molar-refractivity contribution < 1.29 is 9.47 Å². The van der Waals surface area contributed by atoms with Crippen molar-refractivity contribution >= 4 is 5.69 Å². The van der Waals surface area contributed by atoms with Crippen molar-refractivity contribution in [3.05, 3.63) is 12.1 Å². The topological polar surface area (TPSA) is 57.4 Å². The summed E-state index contributed by atoms with van der Waals surface area (Å²) in [4.78, 5) is 4.34. The lowest BCUT2D eigenvalue weighted by atomic mass is 10.1. The molecule has 1 aromatic rings. The van der Waals surface area contributed by atoms with Gasteiger partial charge in [-0.3, -0.25) is 0 Å². The first-order valence-corrected chi connectivity index (χ1v) is 6.58. The zero-order valence-electron chi connectivity index (χ0n) is 11.4. The fraction of sp³-hybridized carbons (Fsp3) is 0.643. The van der Waals surface area contributed by atoms with Crippen LogP contribution in [0.25, 0.3) is 0 Å². The van der Waals surface area contributed by atoms with Crippen LogP contribution in [0, 0.1) is 5.92 Å². The lowest BCUT2D eigenvalue weighted by Crippen LogP contribution is -2.27. The molecule has 1 saturated carbocycles. The summed E-state index contributed by atoms with van der Waals surface area (Å²) in [6.45, 7) is 6.87. The molecule has 0 aromatic carbocycles. The summed E-state index contributed by atoms with van der Waals surface area (Å²) < 4.78 is 11.5. The van der Waals surface area contributed by atoms with Gasteiger partial charge in [0.2, 0.25) is 11.8 Å². The molecule has 0 unspecified atom stereocenters. The van der Waals surface area contributed by atoms with Crippen molar-refractivity contribution in [1.29, 1.82) is 0 Å². The Morgan fingerprint density at radius 1 is 1.39 bits per heavy atom. The van der Waals surface area contributed by atoms with Crippen molar-refractivity contribution in [3.8, 4) is 11.8 Å². The molecular formula is C14H22N2O2. The third kappa shape index (κ3) is 3.52.